The molecule has 0 radical (unpaired) electrons. The summed E-state index contributed by atoms with van der Waals surface area (Å²) in [5.41, 5.74) is 1.86. The summed E-state index contributed by atoms with van der Waals surface area (Å²) >= 11 is 0. The van der Waals surface area contributed by atoms with Crippen LogP contribution in [0, 0.1) is 0 Å². The van der Waals surface area contributed by atoms with Gasteiger partial charge in [-0.05, 0) is 53.4 Å². The van der Waals surface area contributed by atoms with E-state index in [0.717, 1.165) is 35.0 Å². The van der Waals surface area contributed by atoms with Crippen molar-refractivity contribution in [1.29, 1.82) is 0 Å². The van der Waals surface area contributed by atoms with Crippen LogP contribution in [0.25, 0.3) is 22.0 Å². The third kappa shape index (κ3) is 3.99. The second-order valence-electron chi connectivity index (χ2n) is 8.63. The molecule has 2 aliphatic heterocycles. The van der Waals surface area contributed by atoms with Crippen molar-refractivity contribution in [1.82, 2.24) is 0 Å². The average molecular weight is 531 g/mol. The van der Waals surface area contributed by atoms with Gasteiger partial charge in [0, 0.05) is 12.5 Å². The summed E-state index contributed by atoms with van der Waals surface area (Å²) in [4.78, 5) is -0.614. The van der Waals surface area contributed by atoms with Crippen molar-refractivity contribution in [2.75, 3.05) is 13.9 Å². The third-order valence-electron chi connectivity index (χ3n) is 6.44. The molecular weight excluding hydrogens is 511 g/mol. The number of ether oxygens (including phenoxy) is 3. The average Bonchev–Trinajstić information content (AvgIpc) is 3.33. The molecule has 0 saturated carbocycles. The molecule has 0 aliphatic carbocycles. The first-order valence-corrected chi connectivity index (χ1v) is 12.6. The molecule has 0 unspecified atom stereocenters. The summed E-state index contributed by atoms with van der Waals surface area (Å²) in [5.74, 6) is 1.37. The minimum Gasteiger partial charge on any atom is -0.493 e. The zero-order valence-corrected chi connectivity index (χ0v) is 20.2. The zero-order chi connectivity index (χ0) is 25.9. The maximum absolute atomic E-state index is 13.2. The number of benzene rings is 3. The molecule has 0 saturated heterocycles. The van der Waals surface area contributed by atoms with Crippen LogP contribution in [0.5, 0.6) is 23.0 Å². The van der Waals surface area contributed by atoms with E-state index in [1.54, 1.807) is 18.3 Å². The number of methoxy groups -OCH3 is 1. The first-order valence-electron chi connectivity index (χ1n) is 11.2. The van der Waals surface area contributed by atoms with Crippen molar-refractivity contribution in [3.05, 3.63) is 71.9 Å². The molecule has 7 nitrogen and oxygen atoms in total. The van der Waals surface area contributed by atoms with Crippen molar-refractivity contribution >= 4 is 20.9 Å². The number of pyridine rings is 1. The molecule has 0 spiro atoms. The molecule has 0 amide bonds. The van der Waals surface area contributed by atoms with Gasteiger partial charge in [-0.3, -0.25) is 0 Å². The molecule has 11 heteroatoms. The second kappa shape index (κ2) is 8.27. The number of hydrogen-bond donors (Lipinski definition) is 0. The topological polar surface area (TPSA) is 74.9 Å². The van der Waals surface area contributed by atoms with E-state index in [-0.39, 0.29) is 18.3 Å². The number of halogens is 3. The van der Waals surface area contributed by atoms with Crippen LogP contribution in [-0.4, -0.2) is 22.3 Å². The Hall–Kier alpha value is -3.99. The largest absolute Gasteiger partial charge is 0.493 e. The summed E-state index contributed by atoms with van der Waals surface area (Å²) in [6, 6.07) is 12.5. The monoisotopic (exact) mass is 530 g/mol. The lowest BCUT2D eigenvalue weighted by Gasteiger charge is -2.18. The molecular formula is C26H19F3NO6S+. The highest BCUT2D eigenvalue weighted by molar-refractivity contribution is 7.87. The van der Waals surface area contributed by atoms with E-state index in [4.69, 9.17) is 18.4 Å². The molecule has 190 valence electrons. The first-order chi connectivity index (χ1) is 17.6. The predicted octanol–water partition coefficient (Wildman–Crippen LogP) is 4.87. The van der Waals surface area contributed by atoms with E-state index in [1.807, 2.05) is 22.8 Å². The van der Waals surface area contributed by atoms with Gasteiger partial charge in [0.2, 0.25) is 12.5 Å². The molecule has 4 aromatic rings. The highest BCUT2D eigenvalue weighted by Crippen LogP contribution is 2.42. The van der Waals surface area contributed by atoms with E-state index in [9.17, 15) is 21.6 Å². The van der Waals surface area contributed by atoms with Crippen molar-refractivity contribution in [2.45, 2.75) is 24.0 Å². The van der Waals surface area contributed by atoms with E-state index < -0.39 is 26.8 Å². The summed E-state index contributed by atoms with van der Waals surface area (Å²) in [6.45, 7) is 0.770. The van der Waals surface area contributed by atoms with Crippen LogP contribution in [0.1, 0.15) is 11.1 Å². The van der Waals surface area contributed by atoms with E-state index in [2.05, 4.69) is 0 Å². The maximum atomic E-state index is 13.2. The number of fused-ring (bicyclic) bond motifs is 5. The van der Waals surface area contributed by atoms with Crippen LogP contribution in [0.4, 0.5) is 13.2 Å². The Morgan fingerprint density at radius 3 is 2.54 bits per heavy atom. The Balaban J connectivity index is 1.47. The molecule has 0 N–H and O–H groups in total. The van der Waals surface area contributed by atoms with Crippen LogP contribution in [-0.2, 0) is 29.3 Å². The molecule has 3 heterocycles. The van der Waals surface area contributed by atoms with Crippen molar-refractivity contribution < 1.29 is 44.5 Å². The molecule has 37 heavy (non-hydrogen) atoms. The Morgan fingerprint density at radius 1 is 1.00 bits per heavy atom. The molecule has 0 fully saturated rings. The number of nitrogens with zero attached hydrogens (tertiary/aromatic N) is 1. The number of hydrogen-bond acceptors (Lipinski definition) is 6. The normalized spacial score (nSPS) is 14.3. The smallest absolute Gasteiger partial charge is 0.416 e. The highest BCUT2D eigenvalue weighted by Gasteiger charge is 2.33. The Morgan fingerprint density at radius 2 is 1.78 bits per heavy atom. The molecule has 0 atom stereocenters. The van der Waals surface area contributed by atoms with Gasteiger partial charge in [0.15, 0.2) is 35.7 Å². The van der Waals surface area contributed by atoms with Gasteiger partial charge in [0.05, 0.1) is 23.6 Å². The van der Waals surface area contributed by atoms with E-state index in [1.165, 1.54) is 7.11 Å². The van der Waals surface area contributed by atoms with E-state index in [0.29, 0.717) is 41.3 Å². The van der Waals surface area contributed by atoms with Crippen molar-refractivity contribution in [2.24, 2.45) is 0 Å². The molecule has 3 aromatic carbocycles. The van der Waals surface area contributed by atoms with Crippen LogP contribution in [0.3, 0.4) is 0 Å². The molecule has 1 aromatic heterocycles. The number of aromatic nitrogens is 1. The fourth-order valence-corrected chi connectivity index (χ4v) is 5.63. The lowest BCUT2D eigenvalue weighted by molar-refractivity contribution is -0.686. The Labute approximate surface area is 209 Å². The van der Waals surface area contributed by atoms with Gasteiger partial charge in [-0.25, -0.2) is 0 Å². The molecule has 6 rings (SSSR count). The Bertz CT molecular complexity index is 1680. The summed E-state index contributed by atoms with van der Waals surface area (Å²) in [5, 5.41) is 1.09. The number of rotatable bonds is 4. The minimum absolute atomic E-state index is 0.107. The highest BCUT2D eigenvalue weighted by atomic mass is 32.2. The van der Waals surface area contributed by atoms with Gasteiger partial charge in [0.25, 0.3) is 0 Å². The quantitative estimate of drug-likeness (QED) is 0.277. The van der Waals surface area contributed by atoms with Gasteiger partial charge in [-0.15, -0.1) is 0 Å². The second-order valence-corrected chi connectivity index (χ2v) is 10.2. The van der Waals surface area contributed by atoms with Crippen LogP contribution < -0.4 is 23.0 Å². The fraction of sp³-hybridized carbons (Fsp3) is 0.192. The minimum atomic E-state index is -4.70. The van der Waals surface area contributed by atoms with Gasteiger partial charge < -0.3 is 18.4 Å². The molecule has 2 aliphatic rings. The van der Waals surface area contributed by atoms with Gasteiger partial charge in [-0.1, -0.05) is 6.07 Å². The zero-order valence-electron chi connectivity index (χ0n) is 19.3. The SMILES string of the molecule is COc1ccc2cc3[n+](cc2c1OS(=O)(=O)c1cccc(C(F)(F)F)c1)CCc1cc2c(cc1-3)OCO2. The van der Waals surface area contributed by atoms with Gasteiger partial charge >= 0.3 is 16.3 Å². The Kier molecular flexibility index (Phi) is 5.23. The standard InChI is InChI=1S/C26H19F3NO6S/c1-33-22-6-5-15-9-21-19-12-24-23(34-14-35-24)10-16(19)7-8-30(21)13-20(15)25(22)36-37(31,32)18-4-2-3-17(11-18)26(27,28)29/h2-6,9-13H,7-8,14H2,1H3/q+1. The molecule has 0 bridgehead atoms. The summed E-state index contributed by atoms with van der Waals surface area (Å²) < 4.78 is 89.5. The maximum Gasteiger partial charge on any atom is 0.416 e. The van der Waals surface area contributed by atoms with Crippen LogP contribution in [0.15, 0.2) is 65.7 Å². The number of alkyl halides is 3. The van der Waals surface area contributed by atoms with Crippen LogP contribution >= 0.6 is 0 Å². The third-order valence-corrected chi connectivity index (χ3v) is 7.66. The van der Waals surface area contributed by atoms with E-state index >= 15 is 0 Å². The fourth-order valence-electron chi connectivity index (χ4n) is 4.63. The lowest BCUT2D eigenvalue weighted by atomic mass is 9.95. The lowest BCUT2D eigenvalue weighted by Crippen LogP contribution is -2.40. The summed E-state index contributed by atoms with van der Waals surface area (Å²) in [7, 11) is -3.26. The van der Waals surface area contributed by atoms with Gasteiger partial charge in [0.1, 0.15) is 4.90 Å². The van der Waals surface area contributed by atoms with Crippen molar-refractivity contribution in [3.63, 3.8) is 0 Å². The first kappa shape index (κ1) is 23.4. The van der Waals surface area contributed by atoms with Crippen molar-refractivity contribution in [3.8, 4) is 34.3 Å². The number of aryl methyl sites for hydroxylation is 2. The summed E-state index contributed by atoms with van der Waals surface area (Å²) in [6.07, 6.45) is -2.23. The van der Waals surface area contributed by atoms with Crippen LogP contribution in [0.2, 0.25) is 0 Å². The predicted molar refractivity (Wildman–Crippen MR) is 125 cm³/mol. The van der Waals surface area contributed by atoms with Gasteiger partial charge in [-0.2, -0.15) is 26.2 Å².